The smallest absolute Gasteiger partial charge is 0.335 e. The number of benzene rings is 2. The molecule has 162 valence electrons. The largest absolute Gasteiger partial charge is 0.491 e. The number of rotatable bonds is 3. The van der Waals surface area contributed by atoms with Gasteiger partial charge in [-0.15, -0.1) is 0 Å². The Morgan fingerprint density at radius 2 is 1.87 bits per heavy atom. The molecule has 5 heteroatoms. The van der Waals surface area contributed by atoms with Crippen molar-refractivity contribution in [3.8, 4) is 5.75 Å². The number of carboxylic acid groups (broad SMARTS) is 1. The fourth-order valence-corrected chi connectivity index (χ4v) is 3.58. The van der Waals surface area contributed by atoms with Gasteiger partial charge in [-0.05, 0) is 53.3 Å². The van der Waals surface area contributed by atoms with Crippen LogP contribution in [0.3, 0.4) is 0 Å². The summed E-state index contributed by atoms with van der Waals surface area (Å²) in [4.78, 5) is 13.9. The van der Waals surface area contributed by atoms with Crippen LogP contribution in [0.1, 0.15) is 54.2 Å². The highest BCUT2D eigenvalue weighted by atomic mass is 16.5. The maximum atomic E-state index is 11.4. The molecule has 0 unspecified atom stereocenters. The second-order valence-electron chi connectivity index (χ2n) is 9.17. The first kappa shape index (κ1) is 22.3. The van der Waals surface area contributed by atoms with Crippen LogP contribution in [0.5, 0.6) is 5.75 Å². The van der Waals surface area contributed by atoms with Gasteiger partial charge in [0.15, 0.2) is 0 Å². The van der Waals surface area contributed by atoms with Crippen LogP contribution in [0, 0.1) is 5.41 Å². The molecule has 5 nitrogen and oxygen atoms in total. The summed E-state index contributed by atoms with van der Waals surface area (Å²) in [6.45, 7) is 11.2. The fraction of sp³-hybridized carbons (Fsp3) is 0.480. The third-order valence-corrected chi connectivity index (χ3v) is 5.31. The summed E-state index contributed by atoms with van der Waals surface area (Å²) in [7, 11) is 0. The number of hydrogen-bond donors (Lipinski definition) is 1. The van der Waals surface area contributed by atoms with E-state index in [4.69, 9.17) is 9.47 Å². The quantitative estimate of drug-likeness (QED) is 0.798. The average Bonchev–Trinajstić information content (AvgIpc) is 2.68. The van der Waals surface area contributed by atoms with E-state index in [2.05, 4.69) is 49.9 Å². The molecule has 0 saturated heterocycles. The minimum Gasteiger partial charge on any atom is -0.491 e. The first-order valence-electron chi connectivity index (χ1n) is 10.7. The van der Waals surface area contributed by atoms with E-state index in [1.807, 2.05) is 0 Å². The van der Waals surface area contributed by atoms with E-state index in [9.17, 15) is 9.90 Å². The van der Waals surface area contributed by atoms with Crippen LogP contribution in [-0.4, -0.2) is 48.9 Å². The summed E-state index contributed by atoms with van der Waals surface area (Å²) in [6.07, 6.45) is 1.76. The van der Waals surface area contributed by atoms with Gasteiger partial charge in [0, 0.05) is 19.5 Å². The molecule has 1 aliphatic heterocycles. The third-order valence-electron chi connectivity index (χ3n) is 5.31. The lowest BCUT2D eigenvalue weighted by Gasteiger charge is -2.27. The van der Waals surface area contributed by atoms with Gasteiger partial charge in [-0.3, -0.25) is 4.90 Å². The van der Waals surface area contributed by atoms with Crippen molar-refractivity contribution in [1.29, 1.82) is 0 Å². The third kappa shape index (κ3) is 6.85. The summed E-state index contributed by atoms with van der Waals surface area (Å²) < 4.78 is 11.7. The molecule has 0 saturated carbocycles. The lowest BCUT2D eigenvalue weighted by molar-refractivity contribution is 0.0695. The second-order valence-corrected chi connectivity index (χ2v) is 9.17. The molecule has 0 aliphatic carbocycles. The zero-order valence-electron chi connectivity index (χ0n) is 18.3. The summed E-state index contributed by atoms with van der Waals surface area (Å²) in [5, 5.41) is 9.37. The number of carboxylic acids is 1. The lowest BCUT2D eigenvalue weighted by atomic mass is 9.92. The molecular formula is C25H33NO4. The Bertz CT molecular complexity index is 856. The first-order chi connectivity index (χ1) is 14.3. The van der Waals surface area contributed by atoms with E-state index >= 15 is 0 Å². The monoisotopic (exact) mass is 411 g/mol. The Morgan fingerprint density at radius 3 is 2.63 bits per heavy atom. The van der Waals surface area contributed by atoms with Crippen molar-refractivity contribution >= 4 is 5.97 Å². The highest BCUT2D eigenvalue weighted by Gasteiger charge is 2.15. The second kappa shape index (κ2) is 10.1. The molecule has 0 atom stereocenters. The number of nitrogens with zero attached hydrogens (tertiary/aromatic N) is 1. The SMILES string of the molecule is CC(C)(C)CCN1CCOCCOc2ccc(C(=O)O)cc2Cc2cccc(c2)C1. The van der Waals surface area contributed by atoms with Crippen LogP contribution in [0.4, 0.5) is 0 Å². The Hall–Kier alpha value is -2.37. The number of hydrogen-bond acceptors (Lipinski definition) is 4. The van der Waals surface area contributed by atoms with Gasteiger partial charge in [0.25, 0.3) is 0 Å². The molecule has 1 N–H and O–H groups in total. The Balaban J connectivity index is 1.85. The molecule has 1 aliphatic rings. The zero-order chi connectivity index (χ0) is 21.6. The van der Waals surface area contributed by atoms with Gasteiger partial charge in [0.2, 0.25) is 0 Å². The van der Waals surface area contributed by atoms with E-state index in [0.29, 0.717) is 31.7 Å². The summed E-state index contributed by atoms with van der Waals surface area (Å²) in [5.74, 6) is -0.207. The van der Waals surface area contributed by atoms with Crippen molar-refractivity contribution in [3.63, 3.8) is 0 Å². The molecular weight excluding hydrogens is 378 g/mol. The minimum atomic E-state index is -0.927. The first-order valence-corrected chi connectivity index (χ1v) is 10.7. The van der Waals surface area contributed by atoms with Gasteiger partial charge in [-0.25, -0.2) is 4.79 Å². The summed E-state index contributed by atoms with van der Waals surface area (Å²) in [5.41, 5.74) is 3.87. The van der Waals surface area contributed by atoms with Crippen LogP contribution >= 0.6 is 0 Å². The van der Waals surface area contributed by atoms with Crippen LogP contribution in [-0.2, 0) is 17.7 Å². The van der Waals surface area contributed by atoms with Gasteiger partial charge < -0.3 is 14.6 Å². The zero-order valence-corrected chi connectivity index (χ0v) is 18.3. The Morgan fingerprint density at radius 1 is 1.07 bits per heavy atom. The van der Waals surface area contributed by atoms with E-state index in [0.717, 1.165) is 42.9 Å². The molecule has 0 spiro atoms. The van der Waals surface area contributed by atoms with E-state index in [1.54, 1.807) is 18.2 Å². The van der Waals surface area contributed by atoms with Crippen LogP contribution < -0.4 is 4.74 Å². The van der Waals surface area contributed by atoms with Gasteiger partial charge in [-0.2, -0.15) is 0 Å². The van der Waals surface area contributed by atoms with Gasteiger partial charge in [0.05, 0.1) is 18.8 Å². The molecule has 2 aromatic carbocycles. The van der Waals surface area contributed by atoms with E-state index in [-0.39, 0.29) is 5.56 Å². The van der Waals surface area contributed by atoms with Gasteiger partial charge >= 0.3 is 5.97 Å². The van der Waals surface area contributed by atoms with E-state index in [1.165, 1.54) is 5.56 Å². The molecule has 0 aromatic heterocycles. The number of aromatic carboxylic acids is 1. The van der Waals surface area contributed by atoms with E-state index < -0.39 is 5.97 Å². The fourth-order valence-electron chi connectivity index (χ4n) is 3.58. The van der Waals surface area contributed by atoms with Crippen molar-refractivity contribution in [2.45, 2.75) is 40.2 Å². The molecule has 1 heterocycles. The predicted octanol–water partition coefficient (Wildman–Crippen LogP) is 4.62. The van der Waals surface area contributed by atoms with Crippen molar-refractivity contribution in [1.82, 2.24) is 4.90 Å². The predicted molar refractivity (Wildman–Crippen MR) is 118 cm³/mol. The number of carbonyl (C=O) groups is 1. The molecule has 0 amide bonds. The van der Waals surface area contributed by atoms with Crippen molar-refractivity contribution in [3.05, 3.63) is 64.7 Å². The average molecular weight is 412 g/mol. The lowest BCUT2D eigenvalue weighted by Crippen LogP contribution is -2.31. The van der Waals surface area contributed by atoms with Gasteiger partial charge in [0.1, 0.15) is 12.4 Å². The molecule has 0 fully saturated rings. The van der Waals surface area contributed by atoms with Crippen molar-refractivity contribution < 1.29 is 19.4 Å². The van der Waals surface area contributed by atoms with Crippen LogP contribution in [0.15, 0.2) is 42.5 Å². The Labute approximate surface area is 179 Å². The molecule has 2 bridgehead atoms. The topological polar surface area (TPSA) is 59.0 Å². The highest BCUT2D eigenvalue weighted by molar-refractivity contribution is 5.88. The maximum absolute atomic E-state index is 11.4. The number of ether oxygens (including phenoxy) is 2. The summed E-state index contributed by atoms with van der Waals surface area (Å²) >= 11 is 0. The van der Waals surface area contributed by atoms with Crippen LogP contribution in [0.2, 0.25) is 0 Å². The minimum absolute atomic E-state index is 0.277. The summed E-state index contributed by atoms with van der Waals surface area (Å²) in [6, 6.07) is 13.6. The normalized spacial score (nSPS) is 16.2. The molecule has 2 aromatic rings. The standard InChI is InChI=1S/C25H33NO4/c1-25(2,3)9-10-26-11-12-29-13-14-30-23-8-7-21(24(27)28)17-22(23)16-19-5-4-6-20(15-19)18-26/h4-8,15,17H,9-14,16,18H2,1-3H3,(H,27,28). The molecule has 0 radical (unpaired) electrons. The molecule has 3 rings (SSSR count). The van der Waals surface area contributed by atoms with Crippen LogP contribution in [0.25, 0.3) is 0 Å². The Kier molecular flexibility index (Phi) is 7.51. The van der Waals surface area contributed by atoms with Gasteiger partial charge in [-0.1, -0.05) is 45.0 Å². The molecule has 30 heavy (non-hydrogen) atoms. The maximum Gasteiger partial charge on any atom is 0.335 e. The van der Waals surface area contributed by atoms with Crippen molar-refractivity contribution in [2.24, 2.45) is 5.41 Å². The van der Waals surface area contributed by atoms with Crippen molar-refractivity contribution in [2.75, 3.05) is 32.9 Å². The highest BCUT2D eigenvalue weighted by Crippen LogP contribution is 2.25. The number of fused-ring (bicyclic) bond motifs is 3.